The monoisotopic (exact) mass is 200 g/mol. The van der Waals surface area contributed by atoms with E-state index in [1.165, 1.54) is 19.3 Å². The van der Waals surface area contributed by atoms with Crippen LogP contribution in [0, 0.1) is 11.3 Å². The van der Waals surface area contributed by atoms with Gasteiger partial charge in [0.05, 0.1) is 0 Å². The van der Waals surface area contributed by atoms with Gasteiger partial charge < -0.3 is 10.6 Å². The molecular weight excluding hydrogens is 180 g/mol. The Bertz CT molecular complexity index is 189. The maximum atomic E-state index is 5.04. The smallest absolute Gasteiger partial charge is 0.166 e. The van der Waals surface area contributed by atoms with Gasteiger partial charge in [-0.15, -0.1) is 0 Å². The molecule has 1 atom stereocenters. The van der Waals surface area contributed by atoms with Crippen LogP contribution in [0.4, 0.5) is 0 Å². The summed E-state index contributed by atoms with van der Waals surface area (Å²) in [6, 6.07) is 0. The largest absolute Gasteiger partial charge is 0.366 e. The lowest BCUT2D eigenvalue weighted by Crippen LogP contribution is -2.38. The summed E-state index contributed by atoms with van der Waals surface area (Å²) in [5.41, 5.74) is 0.496. The summed E-state index contributed by atoms with van der Waals surface area (Å²) in [7, 11) is 1.86. The molecule has 1 unspecified atom stereocenters. The molecule has 1 saturated carbocycles. The first-order valence-electron chi connectivity index (χ1n) is 5.02. The first-order chi connectivity index (χ1) is 6.06. The van der Waals surface area contributed by atoms with E-state index in [-0.39, 0.29) is 0 Å². The van der Waals surface area contributed by atoms with Crippen LogP contribution in [0.3, 0.4) is 0 Å². The van der Waals surface area contributed by atoms with E-state index in [2.05, 4.69) is 24.5 Å². The number of thiocarbonyl (C=S) groups is 1. The van der Waals surface area contributed by atoms with E-state index in [1.807, 2.05) is 7.05 Å². The summed E-state index contributed by atoms with van der Waals surface area (Å²) in [5.74, 6) is 0.777. The van der Waals surface area contributed by atoms with E-state index in [4.69, 9.17) is 12.2 Å². The Morgan fingerprint density at radius 3 is 2.69 bits per heavy atom. The Morgan fingerprint density at radius 1 is 1.54 bits per heavy atom. The highest BCUT2D eigenvalue weighted by Crippen LogP contribution is 2.41. The lowest BCUT2D eigenvalue weighted by Gasteiger charge is -2.27. The SMILES string of the molecule is CNC(=S)NCC1CCCC1(C)C. The van der Waals surface area contributed by atoms with Crippen molar-refractivity contribution in [2.24, 2.45) is 11.3 Å². The molecule has 0 aromatic heterocycles. The highest BCUT2D eigenvalue weighted by Gasteiger charge is 2.33. The molecule has 0 amide bonds. The molecule has 76 valence electrons. The van der Waals surface area contributed by atoms with Gasteiger partial charge in [0.2, 0.25) is 0 Å². The zero-order valence-corrected chi connectivity index (χ0v) is 9.63. The molecule has 0 aromatic carbocycles. The van der Waals surface area contributed by atoms with Crippen LogP contribution in [-0.4, -0.2) is 18.7 Å². The molecule has 1 aliphatic carbocycles. The summed E-state index contributed by atoms with van der Waals surface area (Å²) < 4.78 is 0. The maximum absolute atomic E-state index is 5.04. The molecule has 0 bridgehead atoms. The quantitative estimate of drug-likeness (QED) is 0.666. The normalized spacial score (nSPS) is 25.6. The van der Waals surface area contributed by atoms with Gasteiger partial charge >= 0.3 is 0 Å². The minimum absolute atomic E-state index is 0.496. The van der Waals surface area contributed by atoms with Crippen LogP contribution in [0.25, 0.3) is 0 Å². The third-order valence-electron chi connectivity index (χ3n) is 3.21. The van der Waals surface area contributed by atoms with Gasteiger partial charge in [0.1, 0.15) is 0 Å². The second-order valence-electron chi connectivity index (χ2n) is 4.54. The van der Waals surface area contributed by atoms with Crippen molar-refractivity contribution < 1.29 is 0 Å². The molecule has 0 aromatic rings. The fourth-order valence-electron chi connectivity index (χ4n) is 2.08. The second kappa shape index (κ2) is 4.27. The molecule has 0 saturated heterocycles. The van der Waals surface area contributed by atoms with Crippen LogP contribution in [0.2, 0.25) is 0 Å². The molecule has 13 heavy (non-hydrogen) atoms. The standard InChI is InChI=1S/C10H20N2S/c1-10(2)6-4-5-8(10)7-12-9(13)11-3/h8H,4-7H2,1-3H3,(H2,11,12,13). The van der Waals surface area contributed by atoms with E-state index < -0.39 is 0 Å². The van der Waals surface area contributed by atoms with Crippen molar-refractivity contribution in [1.29, 1.82) is 0 Å². The van der Waals surface area contributed by atoms with Crippen LogP contribution in [-0.2, 0) is 0 Å². The Hall–Kier alpha value is -0.310. The van der Waals surface area contributed by atoms with Crippen molar-refractivity contribution in [3.05, 3.63) is 0 Å². The van der Waals surface area contributed by atoms with E-state index >= 15 is 0 Å². The average molecular weight is 200 g/mol. The van der Waals surface area contributed by atoms with Crippen LogP contribution < -0.4 is 10.6 Å². The predicted octanol–water partition coefficient (Wildman–Crippen LogP) is 1.91. The van der Waals surface area contributed by atoms with Crippen molar-refractivity contribution in [2.45, 2.75) is 33.1 Å². The van der Waals surface area contributed by atoms with Crippen molar-refractivity contribution >= 4 is 17.3 Å². The molecule has 0 heterocycles. The Balaban J connectivity index is 2.33. The number of hydrogen-bond acceptors (Lipinski definition) is 1. The first-order valence-corrected chi connectivity index (χ1v) is 5.42. The zero-order valence-electron chi connectivity index (χ0n) is 8.81. The minimum Gasteiger partial charge on any atom is -0.366 e. The molecule has 2 N–H and O–H groups in total. The average Bonchev–Trinajstić information content (AvgIpc) is 2.41. The summed E-state index contributed by atoms with van der Waals surface area (Å²) in [4.78, 5) is 0. The fourth-order valence-corrected chi connectivity index (χ4v) is 2.16. The van der Waals surface area contributed by atoms with Crippen LogP contribution >= 0.6 is 12.2 Å². The summed E-state index contributed by atoms with van der Waals surface area (Å²) >= 11 is 5.04. The maximum Gasteiger partial charge on any atom is 0.166 e. The summed E-state index contributed by atoms with van der Waals surface area (Å²) in [5, 5.41) is 6.95. The molecule has 2 nitrogen and oxygen atoms in total. The number of rotatable bonds is 2. The Morgan fingerprint density at radius 2 is 2.23 bits per heavy atom. The zero-order chi connectivity index (χ0) is 9.90. The van der Waals surface area contributed by atoms with E-state index in [9.17, 15) is 0 Å². The van der Waals surface area contributed by atoms with Gasteiger partial charge in [-0.1, -0.05) is 20.3 Å². The van der Waals surface area contributed by atoms with E-state index in [1.54, 1.807) is 0 Å². The molecule has 3 heteroatoms. The third kappa shape index (κ3) is 2.83. The van der Waals surface area contributed by atoms with E-state index in [0.29, 0.717) is 5.41 Å². The van der Waals surface area contributed by atoms with Gasteiger partial charge in [-0.3, -0.25) is 0 Å². The van der Waals surface area contributed by atoms with Gasteiger partial charge in [-0.05, 0) is 36.4 Å². The predicted molar refractivity (Wildman–Crippen MR) is 60.8 cm³/mol. The lowest BCUT2D eigenvalue weighted by atomic mass is 9.82. The fraction of sp³-hybridized carbons (Fsp3) is 0.900. The molecule has 0 spiro atoms. The van der Waals surface area contributed by atoms with Gasteiger partial charge in [0, 0.05) is 13.6 Å². The van der Waals surface area contributed by atoms with Gasteiger partial charge in [0.15, 0.2) is 5.11 Å². The number of nitrogens with one attached hydrogen (secondary N) is 2. The van der Waals surface area contributed by atoms with Crippen molar-refractivity contribution in [3.8, 4) is 0 Å². The molecular formula is C10H20N2S. The highest BCUT2D eigenvalue weighted by atomic mass is 32.1. The second-order valence-corrected chi connectivity index (χ2v) is 4.95. The van der Waals surface area contributed by atoms with Crippen LogP contribution in [0.1, 0.15) is 33.1 Å². The Kier molecular flexibility index (Phi) is 3.54. The third-order valence-corrected chi connectivity index (χ3v) is 3.56. The number of hydrogen-bond donors (Lipinski definition) is 2. The van der Waals surface area contributed by atoms with Crippen molar-refractivity contribution in [3.63, 3.8) is 0 Å². The molecule has 1 fully saturated rings. The molecule has 1 rings (SSSR count). The summed E-state index contributed by atoms with van der Waals surface area (Å²) in [6.07, 6.45) is 4.06. The Labute approximate surface area is 86.5 Å². The van der Waals surface area contributed by atoms with Gasteiger partial charge in [-0.2, -0.15) is 0 Å². The van der Waals surface area contributed by atoms with Gasteiger partial charge in [0.25, 0.3) is 0 Å². The summed E-state index contributed by atoms with van der Waals surface area (Å²) in [6.45, 7) is 5.73. The van der Waals surface area contributed by atoms with E-state index in [0.717, 1.165) is 17.6 Å². The first kappa shape index (κ1) is 10.8. The van der Waals surface area contributed by atoms with Crippen molar-refractivity contribution in [1.82, 2.24) is 10.6 Å². The van der Waals surface area contributed by atoms with Gasteiger partial charge in [-0.25, -0.2) is 0 Å². The lowest BCUT2D eigenvalue weighted by molar-refractivity contribution is 0.260. The van der Waals surface area contributed by atoms with Crippen molar-refractivity contribution in [2.75, 3.05) is 13.6 Å². The minimum atomic E-state index is 0.496. The highest BCUT2D eigenvalue weighted by molar-refractivity contribution is 7.80. The molecule has 0 aliphatic heterocycles. The van der Waals surface area contributed by atoms with Crippen LogP contribution in [0.5, 0.6) is 0 Å². The molecule has 1 aliphatic rings. The van der Waals surface area contributed by atoms with Crippen LogP contribution in [0.15, 0.2) is 0 Å². The topological polar surface area (TPSA) is 24.1 Å². The molecule has 0 radical (unpaired) electrons.